The number of aliphatic carboxylic acids is 1. The summed E-state index contributed by atoms with van der Waals surface area (Å²) in [6.07, 6.45) is 13.6. The molecule has 27 heavy (non-hydrogen) atoms. The van der Waals surface area contributed by atoms with Crippen LogP contribution in [0.4, 0.5) is 0 Å². The molecule has 1 aromatic heterocycles. The van der Waals surface area contributed by atoms with Crippen LogP contribution >= 0.6 is 0 Å². The number of aromatic nitrogens is 2. The van der Waals surface area contributed by atoms with E-state index in [1.807, 2.05) is 13.8 Å². The van der Waals surface area contributed by atoms with Crippen LogP contribution in [0.15, 0.2) is 4.52 Å². The maximum absolute atomic E-state index is 11.2. The van der Waals surface area contributed by atoms with Crippen molar-refractivity contribution in [1.82, 2.24) is 15.5 Å². The molecule has 2 aliphatic rings. The lowest BCUT2D eigenvalue weighted by molar-refractivity contribution is -0.137. The second kappa shape index (κ2) is 12.1. The molecule has 0 radical (unpaired) electrons. The van der Waals surface area contributed by atoms with Gasteiger partial charge in [-0.2, -0.15) is 4.98 Å². The highest BCUT2D eigenvalue weighted by atomic mass is 16.5. The maximum Gasteiger partial charge on any atom is 0.304 e. The van der Waals surface area contributed by atoms with Gasteiger partial charge in [0.25, 0.3) is 0 Å². The highest BCUT2D eigenvalue weighted by molar-refractivity contribution is 5.67. The van der Waals surface area contributed by atoms with Gasteiger partial charge in [0, 0.05) is 12.0 Å². The first-order valence-corrected chi connectivity index (χ1v) is 11.0. The summed E-state index contributed by atoms with van der Waals surface area (Å²) in [6, 6.07) is 0.576. The Kier molecular flexibility index (Phi) is 9.81. The van der Waals surface area contributed by atoms with Crippen LogP contribution in [0.2, 0.25) is 0 Å². The first-order chi connectivity index (χ1) is 13.2. The summed E-state index contributed by atoms with van der Waals surface area (Å²) in [7, 11) is 0. The molecule has 2 saturated carbocycles. The van der Waals surface area contributed by atoms with Crippen LogP contribution in [0.5, 0.6) is 0 Å². The summed E-state index contributed by atoms with van der Waals surface area (Å²) in [6.45, 7) is 4.61. The van der Waals surface area contributed by atoms with Gasteiger partial charge in [0.15, 0.2) is 5.82 Å². The molecule has 0 spiro atoms. The molecule has 6 nitrogen and oxygen atoms in total. The Bertz CT molecular complexity index is 537. The molecule has 1 aromatic rings. The summed E-state index contributed by atoms with van der Waals surface area (Å²) < 4.78 is 5.39. The van der Waals surface area contributed by atoms with Crippen molar-refractivity contribution in [3.05, 3.63) is 11.7 Å². The molecule has 1 heterocycles. The molecule has 0 aromatic carbocycles. The molecule has 3 rings (SSSR count). The Balaban J connectivity index is 0.00000126. The summed E-state index contributed by atoms with van der Waals surface area (Å²) in [5, 5.41) is 16.7. The zero-order valence-electron chi connectivity index (χ0n) is 17.1. The van der Waals surface area contributed by atoms with E-state index in [1.54, 1.807) is 0 Å². The van der Waals surface area contributed by atoms with E-state index >= 15 is 0 Å². The topological polar surface area (TPSA) is 88.2 Å². The van der Waals surface area contributed by atoms with Crippen LogP contribution in [-0.4, -0.2) is 27.3 Å². The van der Waals surface area contributed by atoms with Crippen molar-refractivity contribution >= 4 is 5.97 Å². The lowest BCUT2D eigenvalue weighted by atomic mass is 9.84. The standard InChI is InChI=1S/C19H31N3O3.C2H6/c23-18(24)12-15(9-4-8-14-6-2-1-3-7-14)19-21-17(22-25-19)13-20-16-10-5-11-16;1-2/h14-16,20H,1-13H2,(H,23,24);1-2H3. The number of carboxylic acids is 1. The van der Waals surface area contributed by atoms with Gasteiger partial charge in [-0.1, -0.05) is 70.4 Å². The molecular weight excluding hydrogens is 342 g/mol. The minimum Gasteiger partial charge on any atom is -0.481 e. The van der Waals surface area contributed by atoms with E-state index in [1.165, 1.54) is 57.8 Å². The highest BCUT2D eigenvalue weighted by Gasteiger charge is 2.24. The van der Waals surface area contributed by atoms with Crippen molar-refractivity contribution in [1.29, 1.82) is 0 Å². The van der Waals surface area contributed by atoms with Gasteiger partial charge in [-0.3, -0.25) is 4.79 Å². The van der Waals surface area contributed by atoms with Crippen LogP contribution in [-0.2, 0) is 11.3 Å². The average molecular weight is 380 g/mol. The number of hydrogen-bond acceptors (Lipinski definition) is 5. The Morgan fingerprint density at radius 1 is 1.19 bits per heavy atom. The predicted octanol–water partition coefficient (Wildman–Crippen LogP) is 5.05. The zero-order valence-corrected chi connectivity index (χ0v) is 17.1. The molecular formula is C21H37N3O3. The number of rotatable bonds is 10. The van der Waals surface area contributed by atoms with Crippen LogP contribution in [0.25, 0.3) is 0 Å². The normalized spacial score (nSPS) is 19.0. The maximum atomic E-state index is 11.2. The van der Waals surface area contributed by atoms with Crippen LogP contribution in [0.3, 0.4) is 0 Å². The average Bonchev–Trinajstić information content (AvgIpc) is 3.11. The molecule has 2 N–H and O–H groups in total. The molecule has 154 valence electrons. The molecule has 2 aliphatic carbocycles. The first-order valence-electron chi connectivity index (χ1n) is 11.0. The highest BCUT2D eigenvalue weighted by Crippen LogP contribution is 2.31. The van der Waals surface area contributed by atoms with Crippen LogP contribution in [0.1, 0.15) is 109 Å². The van der Waals surface area contributed by atoms with E-state index in [2.05, 4.69) is 15.5 Å². The Morgan fingerprint density at radius 3 is 2.56 bits per heavy atom. The summed E-state index contributed by atoms with van der Waals surface area (Å²) in [5.74, 6) is 1.01. The van der Waals surface area contributed by atoms with E-state index < -0.39 is 5.97 Å². The van der Waals surface area contributed by atoms with Crippen LogP contribution in [0, 0.1) is 5.92 Å². The van der Waals surface area contributed by atoms with E-state index in [4.69, 9.17) is 4.52 Å². The van der Waals surface area contributed by atoms with Crippen molar-refractivity contribution in [2.24, 2.45) is 5.92 Å². The van der Waals surface area contributed by atoms with Gasteiger partial charge in [0.1, 0.15) is 0 Å². The fourth-order valence-electron chi connectivity index (χ4n) is 4.01. The molecule has 0 aliphatic heterocycles. The molecule has 1 atom stereocenters. The molecule has 2 fully saturated rings. The second-order valence-electron chi connectivity index (χ2n) is 7.79. The minimum absolute atomic E-state index is 0.0718. The minimum atomic E-state index is -0.796. The largest absolute Gasteiger partial charge is 0.481 e. The SMILES string of the molecule is CC.O=C(O)CC(CCCC1CCCCC1)c1nc(CNC2CCC2)no1. The predicted molar refractivity (Wildman–Crippen MR) is 106 cm³/mol. The molecule has 0 amide bonds. The number of hydrogen-bond donors (Lipinski definition) is 2. The van der Waals surface area contributed by atoms with Crippen molar-refractivity contribution in [2.75, 3.05) is 0 Å². The fraction of sp³-hybridized carbons (Fsp3) is 0.857. The van der Waals surface area contributed by atoms with Gasteiger partial charge >= 0.3 is 5.97 Å². The first kappa shape index (κ1) is 21.9. The summed E-state index contributed by atoms with van der Waals surface area (Å²) >= 11 is 0. The van der Waals surface area contributed by atoms with E-state index in [0.717, 1.165) is 18.8 Å². The van der Waals surface area contributed by atoms with Gasteiger partial charge in [0.2, 0.25) is 5.89 Å². The molecule has 1 unspecified atom stereocenters. The summed E-state index contributed by atoms with van der Waals surface area (Å²) in [5.41, 5.74) is 0. The summed E-state index contributed by atoms with van der Waals surface area (Å²) in [4.78, 5) is 15.7. The third-order valence-electron chi connectivity index (χ3n) is 5.80. The van der Waals surface area contributed by atoms with Gasteiger partial charge in [0.05, 0.1) is 13.0 Å². The van der Waals surface area contributed by atoms with E-state index in [0.29, 0.717) is 24.3 Å². The quantitative estimate of drug-likeness (QED) is 0.591. The van der Waals surface area contributed by atoms with E-state index in [9.17, 15) is 9.90 Å². The Labute approximate surface area is 163 Å². The van der Waals surface area contributed by atoms with Crippen molar-refractivity contribution in [3.63, 3.8) is 0 Å². The Morgan fingerprint density at radius 2 is 1.93 bits per heavy atom. The molecule has 0 bridgehead atoms. The van der Waals surface area contributed by atoms with Crippen molar-refractivity contribution in [3.8, 4) is 0 Å². The number of nitrogens with one attached hydrogen (secondary N) is 1. The van der Waals surface area contributed by atoms with Gasteiger partial charge in [-0.15, -0.1) is 0 Å². The molecule has 6 heteroatoms. The van der Waals surface area contributed by atoms with Crippen LogP contribution < -0.4 is 5.32 Å². The zero-order chi connectivity index (χ0) is 19.5. The third kappa shape index (κ3) is 7.60. The number of carboxylic acid groups (broad SMARTS) is 1. The number of nitrogens with zero attached hydrogens (tertiary/aromatic N) is 2. The number of carbonyl (C=O) groups is 1. The van der Waals surface area contributed by atoms with Crippen molar-refractivity contribution in [2.45, 2.75) is 109 Å². The fourth-order valence-corrected chi connectivity index (χ4v) is 4.01. The monoisotopic (exact) mass is 379 g/mol. The van der Waals surface area contributed by atoms with Gasteiger partial charge < -0.3 is 14.9 Å². The van der Waals surface area contributed by atoms with E-state index in [-0.39, 0.29) is 12.3 Å². The second-order valence-corrected chi connectivity index (χ2v) is 7.79. The lowest BCUT2D eigenvalue weighted by Gasteiger charge is -2.25. The smallest absolute Gasteiger partial charge is 0.304 e. The Hall–Kier alpha value is -1.43. The van der Waals surface area contributed by atoms with Crippen molar-refractivity contribution < 1.29 is 14.4 Å². The van der Waals surface area contributed by atoms with Gasteiger partial charge in [-0.05, 0) is 25.2 Å². The van der Waals surface area contributed by atoms with Gasteiger partial charge in [-0.25, -0.2) is 0 Å². The lowest BCUT2D eigenvalue weighted by Crippen LogP contribution is -2.34. The third-order valence-corrected chi connectivity index (χ3v) is 5.80. The molecule has 0 saturated heterocycles.